The normalized spacial score (nSPS) is 10.8. The van der Waals surface area contributed by atoms with Crippen LogP contribution in [0.1, 0.15) is 11.1 Å². The van der Waals surface area contributed by atoms with E-state index in [0.717, 1.165) is 21.3 Å². The molecule has 1 heterocycles. The fourth-order valence-corrected chi connectivity index (χ4v) is 2.77. The van der Waals surface area contributed by atoms with Crippen LogP contribution in [0.4, 0.5) is 0 Å². The zero-order valence-corrected chi connectivity index (χ0v) is 13.1. The largest absolute Gasteiger partial charge is 0.240 e. The van der Waals surface area contributed by atoms with Crippen LogP contribution in [0.15, 0.2) is 59.3 Å². The van der Waals surface area contributed by atoms with Gasteiger partial charge in [-0.1, -0.05) is 46.3 Å². The monoisotopic (exact) mass is 326 g/mol. The van der Waals surface area contributed by atoms with E-state index in [4.69, 9.17) is 0 Å². The van der Waals surface area contributed by atoms with Gasteiger partial charge in [-0.2, -0.15) is 5.10 Å². The average molecular weight is 327 g/mol. The van der Waals surface area contributed by atoms with E-state index < -0.39 is 0 Å². The van der Waals surface area contributed by atoms with Gasteiger partial charge >= 0.3 is 0 Å². The molecule has 0 aliphatic carbocycles. The van der Waals surface area contributed by atoms with Crippen molar-refractivity contribution in [3.05, 3.63) is 70.5 Å². The first-order valence-corrected chi connectivity index (χ1v) is 7.31. The second kappa shape index (κ2) is 5.25. The fourth-order valence-electron chi connectivity index (χ4n) is 2.26. The van der Waals surface area contributed by atoms with E-state index in [-0.39, 0.29) is 0 Å². The summed E-state index contributed by atoms with van der Waals surface area (Å²) in [5.74, 6) is 0. The molecular formula is C17H15BrN2. The number of benzene rings is 2. The zero-order valence-electron chi connectivity index (χ0n) is 11.5. The number of nitrogens with zero attached hydrogens (tertiary/aromatic N) is 2. The Hall–Kier alpha value is -1.87. The minimum Gasteiger partial charge on any atom is -0.240 e. The van der Waals surface area contributed by atoms with Gasteiger partial charge in [0.05, 0.1) is 11.9 Å². The van der Waals surface area contributed by atoms with Crippen LogP contribution in [0.2, 0.25) is 0 Å². The molecule has 0 saturated carbocycles. The van der Waals surface area contributed by atoms with E-state index in [1.165, 1.54) is 11.1 Å². The maximum Gasteiger partial charge on any atom is 0.0677 e. The lowest BCUT2D eigenvalue weighted by Gasteiger charge is -2.06. The summed E-state index contributed by atoms with van der Waals surface area (Å²) >= 11 is 3.59. The first-order valence-electron chi connectivity index (χ1n) is 6.52. The van der Waals surface area contributed by atoms with Gasteiger partial charge in [-0.3, -0.25) is 0 Å². The Morgan fingerprint density at radius 2 is 1.85 bits per heavy atom. The lowest BCUT2D eigenvalue weighted by atomic mass is 10.1. The predicted octanol–water partition coefficient (Wildman–Crippen LogP) is 4.92. The summed E-state index contributed by atoms with van der Waals surface area (Å²) in [7, 11) is 0. The Bertz CT molecular complexity index is 759. The molecule has 0 bridgehead atoms. The molecule has 0 aliphatic rings. The van der Waals surface area contributed by atoms with Crippen molar-refractivity contribution in [1.82, 2.24) is 9.78 Å². The topological polar surface area (TPSA) is 17.8 Å². The summed E-state index contributed by atoms with van der Waals surface area (Å²) in [6.07, 6.45) is 3.98. The number of hydrogen-bond acceptors (Lipinski definition) is 1. The Morgan fingerprint density at radius 3 is 2.65 bits per heavy atom. The molecule has 3 rings (SSSR count). The molecule has 0 N–H and O–H groups in total. The zero-order chi connectivity index (χ0) is 14.1. The van der Waals surface area contributed by atoms with Crippen molar-refractivity contribution in [1.29, 1.82) is 0 Å². The van der Waals surface area contributed by atoms with Crippen molar-refractivity contribution in [2.45, 2.75) is 13.8 Å². The predicted molar refractivity (Wildman–Crippen MR) is 86.2 cm³/mol. The molecule has 0 fully saturated rings. The first-order chi connectivity index (χ1) is 9.65. The van der Waals surface area contributed by atoms with Gasteiger partial charge in [0.2, 0.25) is 0 Å². The van der Waals surface area contributed by atoms with Crippen LogP contribution < -0.4 is 0 Å². The summed E-state index contributed by atoms with van der Waals surface area (Å²) in [4.78, 5) is 0. The van der Waals surface area contributed by atoms with Crippen LogP contribution in [0, 0.1) is 13.8 Å². The highest BCUT2D eigenvalue weighted by molar-refractivity contribution is 9.10. The van der Waals surface area contributed by atoms with Gasteiger partial charge in [0.15, 0.2) is 0 Å². The minimum atomic E-state index is 1.08. The van der Waals surface area contributed by atoms with Gasteiger partial charge in [-0.25, -0.2) is 4.68 Å². The van der Waals surface area contributed by atoms with Gasteiger partial charge in [0.25, 0.3) is 0 Å². The number of hydrogen-bond donors (Lipinski definition) is 0. The highest BCUT2D eigenvalue weighted by Gasteiger charge is 2.08. The van der Waals surface area contributed by atoms with Crippen molar-refractivity contribution in [2.24, 2.45) is 0 Å². The third-order valence-electron chi connectivity index (χ3n) is 3.38. The van der Waals surface area contributed by atoms with Crippen LogP contribution in [-0.4, -0.2) is 9.78 Å². The molecule has 0 amide bonds. The fraction of sp³-hybridized carbons (Fsp3) is 0.118. The molecular weight excluding hydrogens is 312 g/mol. The molecule has 3 aromatic rings. The third kappa shape index (κ3) is 2.41. The molecule has 0 radical (unpaired) electrons. The smallest absolute Gasteiger partial charge is 0.0677 e. The summed E-state index contributed by atoms with van der Waals surface area (Å²) in [6.45, 7) is 4.20. The number of aromatic nitrogens is 2. The SMILES string of the molecule is Cc1ccc(C)c(-n2cc(-c3ccccc3Br)cn2)c1. The Labute approximate surface area is 127 Å². The van der Waals surface area contributed by atoms with Gasteiger partial charge in [0.1, 0.15) is 0 Å². The second-order valence-corrected chi connectivity index (χ2v) is 5.80. The molecule has 3 heteroatoms. The van der Waals surface area contributed by atoms with E-state index in [0.29, 0.717) is 0 Å². The lowest BCUT2D eigenvalue weighted by Crippen LogP contribution is -1.97. The van der Waals surface area contributed by atoms with Gasteiger partial charge in [-0.15, -0.1) is 0 Å². The first kappa shape index (κ1) is 13.1. The van der Waals surface area contributed by atoms with Crippen molar-refractivity contribution in [3.8, 4) is 16.8 Å². The highest BCUT2D eigenvalue weighted by atomic mass is 79.9. The second-order valence-electron chi connectivity index (χ2n) is 4.94. The van der Waals surface area contributed by atoms with Crippen molar-refractivity contribution >= 4 is 15.9 Å². The minimum absolute atomic E-state index is 1.08. The molecule has 0 spiro atoms. The quantitative estimate of drug-likeness (QED) is 0.653. The number of aryl methyl sites for hydroxylation is 2. The lowest BCUT2D eigenvalue weighted by molar-refractivity contribution is 0.871. The number of rotatable bonds is 2. The van der Waals surface area contributed by atoms with E-state index in [2.05, 4.69) is 65.3 Å². The molecule has 0 atom stereocenters. The van der Waals surface area contributed by atoms with Gasteiger partial charge in [0, 0.05) is 16.2 Å². The van der Waals surface area contributed by atoms with Crippen molar-refractivity contribution < 1.29 is 0 Å². The molecule has 0 saturated heterocycles. The molecule has 0 unspecified atom stereocenters. The Balaban J connectivity index is 2.07. The summed E-state index contributed by atoms with van der Waals surface area (Å²) in [6, 6.07) is 14.6. The Morgan fingerprint density at radius 1 is 1.05 bits per heavy atom. The summed E-state index contributed by atoms with van der Waals surface area (Å²) in [5, 5.41) is 4.50. The van der Waals surface area contributed by atoms with Crippen molar-refractivity contribution in [3.63, 3.8) is 0 Å². The molecule has 1 aromatic heterocycles. The van der Waals surface area contributed by atoms with Crippen LogP contribution in [0.25, 0.3) is 16.8 Å². The number of halogens is 1. The molecule has 20 heavy (non-hydrogen) atoms. The van der Waals surface area contributed by atoms with E-state index in [1.54, 1.807) is 0 Å². The van der Waals surface area contributed by atoms with Crippen LogP contribution >= 0.6 is 15.9 Å². The van der Waals surface area contributed by atoms with Gasteiger partial charge in [-0.05, 0) is 42.7 Å². The van der Waals surface area contributed by atoms with Crippen LogP contribution in [0.3, 0.4) is 0 Å². The van der Waals surface area contributed by atoms with Crippen LogP contribution in [-0.2, 0) is 0 Å². The maximum atomic E-state index is 4.50. The standard InChI is InChI=1S/C17H15BrN2/c1-12-7-8-13(2)17(9-12)20-11-14(10-19-20)15-5-3-4-6-16(15)18/h3-11H,1-2H3. The summed E-state index contributed by atoms with van der Waals surface area (Å²) in [5.41, 5.74) is 5.85. The molecule has 2 nitrogen and oxygen atoms in total. The molecule has 0 aliphatic heterocycles. The Kier molecular flexibility index (Phi) is 3.45. The average Bonchev–Trinajstić information content (AvgIpc) is 2.91. The molecule has 100 valence electrons. The van der Waals surface area contributed by atoms with E-state index in [1.807, 2.05) is 29.1 Å². The molecule has 2 aromatic carbocycles. The van der Waals surface area contributed by atoms with Crippen LogP contribution in [0.5, 0.6) is 0 Å². The van der Waals surface area contributed by atoms with Gasteiger partial charge < -0.3 is 0 Å². The van der Waals surface area contributed by atoms with Crippen molar-refractivity contribution in [2.75, 3.05) is 0 Å². The maximum absolute atomic E-state index is 4.50. The van der Waals surface area contributed by atoms with E-state index in [9.17, 15) is 0 Å². The highest BCUT2D eigenvalue weighted by Crippen LogP contribution is 2.28. The third-order valence-corrected chi connectivity index (χ3v) is 4.07. The summed E-state index contributed by atoms with van der Waals surface area (Å²) < 4.78 is 3.03. The van der Waals surface area contributed by atoms with E-state index >= 15 is 0 Å².